The topological polar surface area (TPSA) is 67.2 Å². The highest BCUT2D eigenvalue weighted by molar-refractivity contribution is 7.99. The van der Waals surface area contributed by atoms with E-state index in [-0.39, 0.29) is 5.37 Å². The number of rotatable bonds is 3. The van der Waals surface area contributed by atoms with Crippen LogP contribution in [-0.4, -0.2) is 32.7 Å². The lowest BCUT2D eigenvalue weighted by molar-refractivity contribution is -0.138. The van der Waals surface area contributed by atoms with Gasteiger partial charge in [-0.25, -0.2) is 0 Å². The molecule has 0 bridgehead atoms. The Bertz CT molecular complexity index is 391. The molecule has 2 atom stereocenters. The van der Waals surface area contributed by atoms with Gasteiger partial charge in [0.05, 0.1) is 11.6 Å². The quantitative estimate of drug-likeness (QED) is 0.833. The van der Waals surface area contributed by atoms with Gasteiger partial charge in [0.25, 0.3) is 0 Å². The van der Waals surface area contributed by atoms with Crippen LogP contribution >= 0.6 is 11.8 Å². The molecule has 5 nitrogen and oxygen atoms in total. The van der Waals surface area contributed by atoms with E-state index in [1.165, 1.54) is 0 Å². The van der Waals surface area contributed by atoms with Crippen molar-refractivity contribution in [1.82, 2.24) is 15.1 Å². The molecule has 0 aromatic carbocycles. The van der Waals surface area contributed by atoms with E-state index in [1.807, 2.05) is 10.9 Å². The first-order chi connectivity index (χ1) is 7.58. The number of thioether (sulfide) groups is 1. The van der Waals surface area contributed by atoms with Crippen LogP contribution in [-0.2, 0) is 4.79 Å². The fourth-order valence-electron chi connectivity index (χ4n) is 1.58. The number of carbonyl (C=O) groups is 1. The first kappa shape index (κ1) is 11.5. The highest BCUT2D eigenvalue weighted by atomic mass is 32.2. The molecule has 1 aromatic heterocycles. The standard InChI is InChI=1S/C10H15N3O2S/c1-6(2)13-4-7(3-11-13)9-12-8(5-16-9)10(14)15/h3-4,6,8-9,12H,5H2,1-2H3,(H,14,15)/t8-,9?/m0/s1. The second kappa shape index (κ2) is 4.47. The monoisotopic (exact) mass is 241 g/mol. The van der Waals surface area contributed by atoms with Gasteiger partial charge in [0.2, 0.25) is 0 Å². The number of hydrogen-bond acceptors (Lipinski definition) is 4. The number of nitrogens with one attached hydrogen (secondary N) is 1. The van der Waals surface area contributed by atoms with E-state index in [1.54, 1.807) is 18.0 Å². The van der Waals surface area contributed by atoms with Crippen molar-refractivity contribution >= 4 is 17.7 Å². The zero-order valence-corrected chi connectivity index (χ0v) is 10.1. The number of carboxylic acid groups (broad SMARTS) is 1. The van der Waals surface area contributed by atoms with E-state index >= 15 is 0 Å². The molecule has 0 spiro atoms. The van der Waals surface area contributed by atoms with Crippen LogP contribution in [0.2, 0.25) is 0 Å². The highest BCUT2D eigenvalue weighted by Gasteiger charge is 2.30. The van der Waals surface area contributed by atoms with Crippen molar-refractivity contribution in [3.05, 3.63) is 18.0 Å². The minimum atomic E-state index is -0.786. The molecular formula is C10H15N3O2S. The Hall–Kier alpha value is -1.01. The largest absolute Gasteiger partial charge is 0.480 e. The molecule has 1 aromatic rings. The molecule has 88 valence electrons. The predicted octanol–water partition coefficient (Wildman–Crippen LogP) is 1.25. The summed E-state index contributed by atoms with van der Waals surface area (Å²) in [5.74, 6) is -0.182. The van der Waals surface area contributed by atoms with Gasteiger partial charge < -0.3 is 5.11 Å². The van der Waals surface area contributed by atoms with Crippen molar-refractivity contribution < 1.29 is 9.90 Å². The molecule has 1 unspecified atom stereocenters. The van der Waals surface area contributed by atoms with Crippen molar-refractivity contribution in [2.45, 2.75) is 31.3 Å². The van der Waals surface area contributed by atoms with Gasteiger partial charge >= 0.3 is 5.97 Å². The first-order valence-corrected chi connectivity index (χ1v) is 6.27. The third-order valence-corrected chi connectivity index (χ3v) is 3.80. The summed E-state index contributed by atoms with van der Waals surface area (Å²) in [6.45, 7) is 4.12. The number of carboxylic acids is 1. The van der Waals surface area contributed by atoms with Crippen LogP contribution in [0.15, 0.2) is 12.4 Å². The summed E-state index contributed by atoms with van der Waals surface area (Å²) in [5.41, 5.74) is 1.04. The van der Waals surface area contributed by atoms with Crippen LogP contribution in [0.1, 0.15) is 30.8 Å². The maximum Gasteiger partial charge on any atom is 0.321 e. The molecule has 2 N–H and O–H groups in total. The molecule has 16 heavy (non-hydrogen) atoms. The van der Waals surface area contributed by atoms with E-state index < -0.39 is 12.0 Å². The molecule has 2 heterocycles. The number of aromatic nitrogens is 2. The third kappa shape index (κ3) is 2.22. The minimum absolute atomic E-state index is 0.0496. The molecule has 1 aliphatic rings. The van der Waals surface area contributed by atoms with E-state index in [0.29, 0.717) is 11.8 Å². The summed E-state index contributed by atoms with van der Waals surface area (Å²) >= 11 is 1.61. The summed E-state index contributed by atoms with van der Waals surface area (Å²) in [5, 5.41) is 16.2. The molecule has 0 aliphatic carbocycles. The summed E-state index contributed by atoms with van der Waals surface area (Å²) in [4.78, 5) is 10.8. The lowest BCUT2D eigenvalue weighted by atomic mass is 10.3. The van der Waals surface area contributed by atoms with Crippen molar-refractivity contribution in [1.29, 1.82) is 0 Å². The second-order valence-electron chi connectivity index (χ2n) is 4.12. The second-order valence-corrected chi connectivity index (χ2v) is 5.26. The van der Waals surface area contributed by atoms with Gasteiger partial charge in [-0.15, -0.1) is 11.8 Å². The molecular weight excluding hydrogens is 226 g/mol. The van der Waals surface area contributed by atoms with E-state index in [2.05, 4.69) is 24.3 Å². The van der Waals surface area contributed by atoms with Gasteiger partial charge in [0, 0.05) is 23.6 Å². The van der Waals surface area contributed by atoms with Crippen LogP contribution in [0.25, 0.3) is 0 Å². The zero-order chi connectivity index (χ0) is 11.7. The van der Waals surface area contributed by atoms with Gasteiger partial charge in [0.1, 0.15) is 6.04 Å². The molecule has 0 radical (unpaired) electrons. The highest BCUT2D eigenvalue weighted by Crippen LogP contribution is 2.32. The summed E-state index contributed by atoms with van der Waals surface area (Å²) in [7, 11) is 0. The predicted molar refractivity (Wildman–Crippen MR) is 62.4 cm³/mol. The Morgan fingerprint density at radius 3 is 3.00 bits per heavy atom. The van der Waals surface area contributed by atoms with Crippen molar-refractivity contribution in [2.75, 3.05) is 5.75 Å². The lowest BCUT2D eigenvalue weighted by Gasteiger charge is -2.08. The van der Waals surface area contributed by atoms with Crippen molar-refractivity contribution in [3.63, 3.8) is 0 Å². The average molecular weight is 241 g/mol. The minimum Gasteiger partial charge on any atom is -0.480 e. The molecule has 6 heteroatoms. The molecule has 1 saturated heterocycles. The van der Waals surface area contributed by atoms with E-state index in [0.717, 1.165) is 5.56 Å². The molecule has 2 rings (SSSR count). The number of hydrogen-bond donors (Lipinski definition) is 2. The van der Waals surface area contributed by atoms with Crippen LogP contribution in [0, 0.1) is 0 Å². The molecule has 1 aliphatic heterocycles. The van der Waals surface area contributed by atoms with Crippen molar-refractivity contribution in [2.24, 2.45) is 0 Å². The first-order valence-electron chi connectivity index (χ1n) is 5.22. The van der Waals surface area contributed by atoms with Crippen LogP contribution in [0.3, 0.4) is 0 Å². The average Bonchev–Trinajstić information content (AvgIpc) is 2.86. The van der Waals surface area contributed by atoms with E-state index in [4.69, 9.17) is 5.11 Å². The smallest absolute Gasteiger partial charge is 0.321 e. The Balaban J connectivity index is 2.06. The normalized spacial score (nSPS) is 25.2. The maximum absolute atomic E-state index is 10.8. The Labute approximate surface area is 98.2 Å². The SMILES string of the molecule is CC(C)n1cc(C2N[C@H](C(=O)O)CS2)cn1. The van der Waals surface area contributed by atoms with Gasteiger partial charge in [0.15, 0.2) is 0 Å². The van der Waals surface area contributed by atoms with Crippen LogP contribution < -0.4 is 5.32 Å². The summed E-state index contributed by atoms with van der Waals surface area (Å²) in [6.07, 6.45) is 3.77. The Morgan fingerprint density at radius 2 is 2.50 bits per heavy atom. The third-order valence-electron chi connectivity index (χ3n) is 2.53. The zero-order valence-electron chi connectivity index (χ0n) is 9.25. The number of nitrogens with zero attached hydrogens (tertiary/aromatic N) is 2. The molecule has 0 saturated carbocycles. The maximum atomic E-state index is 10.8. The number of aliphatic carboxylic acids is 1. The van der Waals surface area contributed by atoms with Gasteiger partial charge in [-0.05, 0) is 13.8 Å². The fraction of sp³-hybridized carbons (Fsp3) is 0.600. The van der Waals surface area contributed by atoms with Crippen LogP contribution in [0.5, 0.6) is 0 Å². The van der Waals surface area contributed by atoms with E-state index in [9.17, 15) is 4.79 Å². The fourth-order valence-corrected chi connectivity index (χ4v) is 2.78. The van der Waals surface area contributed by atoms with Gasteiger partial charge in [-0.2, -0.15) is 5.10 Å². The Morgan fingerprint density at radius 1 is 1.75 bits per heavy atom. The lowest BCUT2D eigenvalue weighted by Crippen LogP contribution is -2.33. The van der Waals surface area contributed by atoms with Gasteiger partial charge in [-0.3, -0.25) is 14.8 Å². The van der Waals surface area contributed by atoms with Gasteiger partial charge in [-0.1, -0.05) is 0 Å². The summed E-state index contributed by atoms with van der Waals surface area (Å²) < 4.78 is 1.88. The molecule has 1 fully saturated rings. The van der Waals surface area contributed by atoms with Crippen LogP contribution in [0.4, 0.5) is 0 Å². The Kier molecular flexibility index (Phi) is 3.20. The molecule has 0 amide bonds. The summed E-state index contributed by atoms with van der Waals surface area (Å²) in [6, 6.07) is -0.118. The van der Waals surface area contributed by atoms with Crippen molar-refractivity contribution in [3.8, 4) is 0 Å².